The zero-order valence-electron chi connectivity index (χ0n) is 10.9. The van der Waals surface area contributed by atoms with Gasteiger partial charge in [0.2, 0.25) is 0 Å². The molecule has 0 radical (unpaired) electrons. The fourth-order valence-electron chi connectivity index (χ4n) is 1.60. The van der Waals surface area contributed by atoms with Gasteiger partial charge in [0.05, 0.1) is 25.3 Å². The molecule has 0 N–H and O–H groups in total. The number of hydrogen-bond acceptors (Lipinski definition) is 4. The largest absolute Gasteiger partial charge is 0.497 e. The Bertz CT molecular complexity index is 412. The van der Waals surface area contributed by atoms with E-state index in [0.29, 0.717) is 6.42 Å². The standard InChI is InChI=1S/C13H19N3O/c1-10-7-13(17-4)8-12(15-10)9-16(3)11(2)5-6-14/h7-8,11H,5,9H2,1-4H3. The first-order valence-electron chi connectivity index (χ1n) is 5.65. The summed E-state index contributed by atoms with van der Waals surface area (Å²) in [4.78, 5) is 6.58. The van der Waals surface area contributed by atoms with Crippen LogP contribution in [0.5, 0.6) is 5.75 Å². The number of ether oxygens (including phenoxy) is 1. The second-order valence-corrected chi connectivity index (χ2v) is 4.27. The van der Waals surface area contributed by atoms with E-state index in [1.807, 2.05) is 33.0 Å². The first-order valence-corrected chi connectivity index (χ1v) is 5.65. The smallest absolute Gasteiger partial charge is 0.122 e. The Hall–Kier alpha value is -1.60. The summed E-state index contributed by atoms with van der Waals surface area (Å²) in [6, 6.07) is 6.25. The summed E-state index contributed by atoms with van der Waals surface area (Å²) in [6.45, 7) is 4.71. The van der Waals surface area contributed by atoms with E-state index in [1.165, 1.54) is 0 Å². The van der Waals surface area contributed by atoms with Crippen molar-refractivity contribution >= 4 is 0 Å². The average Bonchev–Trinajstić information content (AvgIpc) is 2.28. The average molecular weight is 233 g/mol. The summed E-state index contributed by atoms with van der Waals surface area (Å²) in [5.41, 5.74) is 1.91. The SMILES string of the molecule is COc1cc(C)nc(CN(C)C(C)CC#N)c1. The van der Waals surface area contributed by atoms with E-state index < -0.39 is 0 Å². The molecule has 92 valence electrons. The third-order valence-electron chi connectivity index (χ3n) is 2.77. The molecule has 1 rings (SSSR count). The van der Waals surface area contributed by atoms with Gasteiger partial charge in [0, 0.05) is 30.4 Å². The molecule has 1 atom stereocenters. The Balaban J connectivity index is 2.74. The number of rotatable bonds is 5. The minimum Gasteiger partial charge on any atom is -0.497 e. The highest BCUT2D eigenvalue weighted by Crippen LogP contribution is 2.15. The van der Waals surface area contributed by atoms with Crippen LogP contribution in [0.15, 0.2) is 12.1 Å². The van der Waals surface area contributed by atoms with Crippen LogP contribution in [0.4, 0.5) is 0 Å². The molecule has 0 spiro atoms. The van der Waals surface area contributed by atoms with E-state index in [1.54, 1.807) is 7.11 Å². The van der Waals surface area contributed by atoms with Crippen LogP contribution in [0.1, 0.15) is 24.7 Å². The zero-order chi connectivity index (χ0) is 12.8. The maximum atomic E-state index is 8.67. The molecule has 0 aliphatic rings. The lowest BCUT2D eigenvalue weighted by Crippen LogP contribution is -2.28. The van der Waals surface area contributed by atoms with Crippen molar-refractivity contribution in [3.8, 4) is 11.8 Å². The van der Waals surface area contributed by atoms with Crippen molar-refractivity contribution in [1.29, 1.82) is 5.26 Å². The maximum Gasteiger partial charge on any atom is 0.122 e. The molecule has 17 heavy (non-hydrogen) atoms. The first-order chi connectivity index (χ1) is 8.06. The van der Waals surface area contributed by atoms with Gasteiger partial charge in [-0.3, -0.25) is 9.88 Å². The van der Waals surface area contributed by atoms with Crippen LogP contribution in [-0.2, 0) is 6.54 Å². The molecule has 0 saturated carbocycles. The topological polar surface area (TPSA) is 49.1 Å². The number of nitriles is 1. The lowest BCUT2D eigenvalue weighted by atomic mass is 10.2. The Kier molecular flexibility index (Phi) is 4.92. The Morgan fingerprint density at radius 2 is 2.24 bits per heavy atom. The molecule has 0 aliphatic heterocycles. The van der Waals surface area contributed by atoms with Gasteiger partial charge in [-0.1, -0.05) is 0 Å². The summed E-state index contributed by atoms with van der Waals surface area (Å²) >= 11 is 0. The normalized spacial score (nSPS) is 12.2. The summed E-state index contributed by atoms with van der Waals surface area (Å²) < 4.78 is 5.21. The lowest BCUT2D eigenvalue weighted by molar-refractivity contribution is 0.249. The Morgan fingerprint density at radius 1 is 1.53 bits per heavy atom. The highest BCUT2D eigenvalue weighted by Gasteiger charge is 2.10. The number of methoxy groups -OCH3 is 1. The van der Waals surface area contributed by atoms with Gasteiger partial charge in [0.1, 0.15) is 5.75 Å². The molecule has 1 unspecified atom stereocenters. The predicted octanol–water partition coefficient (Wildman–Crippen LogP) is 2.13. The molecule has 1 heterocycles. The molecule has 0 saturated heterocycles. The molecule has 1 aromatic rings. The quantitative estimate of drug-likeness (QED) is 0.781. The third-order valence-corrected chi connectivity index (χ3v) is 2.77. The van der Waals surface area contributed by atoms with Gasteiger partial charge >= 0.3 is 0 Å². The highest BCUT2D eigenvalue weighted by atomic mass is 16.5. The predicted molar refractivity (Wildman–Crippen MR) is 66.7 cm³/mol. The first kappa shape index (κ1) is 13.5. The van der Waals surface area contributed by atoms with E-state index in [9.17, 15) is 0 Å². The highest BCUT2D eigenvalue weighted by molar-refractivity contribution is 5.26. The number of aromatic nitrogens is 1. The van der Waals surface area contributed by atoms with Crippen LogP contribution in [0.2, 0.25) is 0 Å². The van der Waals surface area contributed by atoms with Crippen molar-refractivity contribution in [1.82, 2.24) is 9.88 Å². The minimum absolute atomic E-state index is 0.230. The number of aryl methyl sites for hydroxylation is 1. The van der Waals surface area contributed by atoms with E-state index >= 15 is 0 Å². The minimum atomic E-state index is 0.230. The molecule has 1 aromatic heterocycles. The van der Waals surface area contributed by atoms with Gasteiger partial charge < -0.3 is 4.74 Å². The third kappa shape index (κ3) is 4.04. The van der Waals surface area contributed by atoms with Crippen molar-refractivity contribution in [3.63, 3.8) is 0 Å². The number of hydrogen-bond donors (Lipinski definition) is 0. The van der Waals surface area contributed by atoms with Crippen molar-refractivity contribution in [3.05, 3.63) is 23.5 Å². The summed E-state index contributed by atoms with van der Waals surface area (Å²) in [5, 5.41) is 8.67. The molecule has 0 bridgehead atoms. The van der Waals surface area contributed by atoms with Gasteiger partial charge in [-0.25, -0.2) is 0 Å². The van der Waals surface area contributed by atoms with Gasteiger partial charge in [-0.15, -0.1) is 0 Å². The van der Waals surface area contributed by atoms with Crippen LogP contribution in [0.3, 0.4) is 0 Å². The van der Waals surface area contributed by atoms with Gasteiger partial charge in [-0.2, -0.15) is 5.26 Å². The maximum absolute atomic E-state index is 8.67. The molecule has 0 amide bonds. The van der Waals surface area contributed by atoms with Crippen LogP contribution in [0, 0.1) is 18.3 Å². The van der Waals surface area contributed by atoms with Gasteiger partial charge in [-0.05, 0) is 20.9 Å². The summed E-state index contributed by atoms with van der Waals surface area (Å²) in [6.07, 6.45) is 0.527. The van der Waals surface area contributed by atoms with Crippen molar-refractivity contribution in [2.24, 2.45) is 0 Å². The van der Waals surface area contributed by atoms with Crippen molar-refractivity contribution in [2.75, 3.05) is 14.2 Å². The fraction of sp³-hybridized carbons (Fsp3) is 0.538. The van der Waals surface area contributed by atoms with Crippen LogP contribution >= 0.6 is 0 Å². The molecule has 0 aromatic carbocycles. The van der Waals surface area contributed by atoms with Crippen LogP contribution < -0.4 is 4.74 Å². The molecular weight excluding hydrogens is 214 g/mol. The molecule has 0 aliphatic carbocycles. The molecular formula is C13H19N3O. The van der Waals surface area contributed by atoms with E-state index in [4.69, 9.17) is 10.00 Å². The summed E-state index contributed by atoms with van der Waals surface area (Å²) in [7, 11) is 3.65. The lowest BCUT2D eigenvalue weighted by Gasteiger charge is -2.22. The monoisotopic (exact) mass is 233 g/mol. The van der Waals surface area contributed by atoms with Crippen LogP contribution in [0.25, 0.3) is 0 Å². The molecule has 4 nitrogen and oxygen atoms in total. The number of nitrogens with zero attached hydrogens (tertiary/aromatic N) is 3. The van der Waals surface area contributed by atoms with Gasteiger partial charge in [0.15, 0.2) is 0 Å². The van der Waals surface area contributed by atoms with Crippen molar-refractivity contribution < 1.29 is 4.74 Å². The molecule has 0 fully saturated rings. The second kappa shape index (κ2) is 6.21. The second-order valence-electron chi connectivity index (χ2n) is 4.27. The zero-order valence-corrected chi connectivity index (χ0v) is 10.9. The Morgan fingerprint density at radius 3 is 2.82 bits per heavy atom. The van der Waals surface area contributed by atoms with Crippen LogP contribution in [-0.4, -0.2) is 30.1 Å². The fourth-order valence-corrected chi connectivity index (χ4v) is 1.60. The Labute approximate surface area is 103 Å². The van der Waals surface area contributed by atoms with E-state index in [2.05, 4.69) is 16.0 Å². The van der Waals surface area contributed by atoms with Gasteiger partial charge in [0.25, 0.3) is 0 Å². The van der Waals surface area contributed by atoms with Crippen molar-refractivity contribution in [2.45, 2.75) is 32.9 Å². The number of pyridine rings is 1. The summed E-state index contributed by atoms with van der Waals surface area (Å²) in [5.74, 6) is 0.828. The van der Waals surface area contributed by atoms with E-state index in [-0.39, 0.29) is 6.04 Å². The van der Waals surface area contributed by atoms with E-state index in [0.717, 1.165) is 23.7 Å². The molecule has 4 heteroatoms.